The molecule has 0 aromatic heterocycles. The molecule has 76 heteroatoms. The fraction of sp³-hybridized carbons (Fsp3) is 0.780. The molecule has 0 N–H and O–H groups in total. The maximum atomic E-state index is 12.3. The third kappa shape index (κ3) is 96.4. The van der Waals surface area contributed by atoms with Gasteiger partial charge >= 0.3 is 128 Å². The van der Waals surface area contributed by atoms with Gasteiger partial charge in [-0.25, -0.2) is 13.2 Å². The largest absolute Gasteiger partial charge is 0.458 e. The van der Waals surface area contributed by atoms with Crippen molar-refractivity contribution in [1.82, 2.24) is 0 Å². The molecule has 0 aliphatic heterocycles. The van der Waals surface area contributed by atoms with Crippen LogP contribution in [0.25, 0.3) is 0 Å². The number of alkyl halides is 55. The SMILES string of the molecule is FCC(F)(F)F.FCC(F)(F)F.FOCC(F)(F)F.[CH2-]CC(=O)F.[CH2-]CC(=O)F.[CH2-]CC(C(F)(F)F)C(F)(F)F.[CH2-]CC(F)(C(F)(F)F)C(F)(F)F.[CH2-]CC(F)(F)C(F)(F)OC(C)(F)F.[CH2-]CC(F)(F)OC(F)(F)C(C)(F)F.[CH2-]CC(F)(F)OC(F)(F)C(F)(F)OC.[CH2-]COC(C(F)(F)F)C(F)(F)F.[CH2-]COC(F)(C(F)(F)F)C(F)(F)F.[Y].[Y].[Y].[Y].[Y].[Y].[Y].[Y].[Y]. The molecule has 0 aliphatic carbocycles. The summed E-state index contributed by atoms with van der Waals surface area (Å²) in [6, 6.07) is -2.71. The van der Waals surface area contributed by atoms with Gasteiger partial charge < -0.3 is 76.5 Å². The first-order chi connectivity index (χ1) is 50.3. The molecule has 0 fully saturated rings. The van der Waals surface area contributed by atoms with Crippen molar-refractivity contribution in [3.63, 3.8) is 0 Å². The van der Waals surface area contributed by atoms with E-state index in [1.165, 1.54) is 0 Å². The van der Waals surface area contributed by atoms with Crippen LogP contribution < -0.4 is 0 Å². The van der Waals surface area contributed by atoms with E-state index in [0.29, 0.717) is 0 Å². The summed E-state index contributed by atoms with van der Waals surface area (Å²) in [5.41, 5.74) is -5.19. The van der Waals surface area contributed by atoms with Crippen molar-refractivity contribution in [2.45, 2.75) is 199 Å². The van der Waals surface area contributed by atoms with Crippen molar-refractivity contribution in [3.05, 3.63) is 62.3 Å². The van der Waals surface area contributed by atoms with Crippen LogP contribution in [0.1, 0.15) is 58.8 Å². The van der Waals surface area contributed by atoms with Gasteiger partial charge in [-0.3, -0.25) is 23.8 Å². The van der Waals surface area contributed by atoms with Crippen molar-refractivity contribution in [1.29, 1.82) is 0 Å². The minimum absolute atomic E-state index is 0. The van der Waals surface area contributed by atoms with Crippen LogP contribution in [0.5, 0.6) is 0 Å². The summed E-state index contributed by atoms with van der Waals surface area (Å²) in [6.45, 7) is 14.9. The molecule has 9 radical (unpaired) electrons. The molecule has 0 aromatic rings. The molecule has 0 amide bonds. The zero-order chi connectivity index (χ0) is 98.7. The minimum atomic E-state index is -6.16. The van der Waals surface area contributed by atoms with E-state index >= 15 is 0 Å². The summed E-state index contributed by atoms with van der Waals surface area (Å²) in [7, 11) is 0.236. The average molecular weight is 2700 g/mol. The van der Waals surface area contributed by atoms with Crippen molar-refractivity contribution in [2.75, 3.05) is 40.3 Å². The van der Waals surface area contributed by atoms with Gasteiger partial charge in [0.1, 0.15) is 5.92 Å². The zero-order valence-electron chi connectivity index (χ0n) is 61.8. The van der Waals surface area contributed by atoms with Crippen LogP contribution in [0.15, 0.2) is 0 Å². The first-order valence-corrected chi connectivity index (χ1v) is 26.6. The summed E-state index contributed by atoms with van der Waals surface area (Å²) in [5, 5.41) is 0. The van der Waals surface area contributed by atoms with E-state index < -0.39 is 223 Å². The van der Waals surface area contributed by atoms with Gasteiger partial charge in [0.2, 0.25) is 6.10 Å². The number of methoxy groups -OCH3 is 1. The number of hydrogen-bond donors (Lipinski definition) is 0. The quantitative estimate of drug-likeness (QED) is 0.0596. The Morgan fingerprint density at radius 1 is 0.333 bits per heavy atom. The van der Waals surface area contributed by atoms with Crippen LogP contribution >= 0.6 is 0 Å². The molecular weight excluding hydrogens is 2650 g/mol. The Balaban J connectivity index is -0.0000000505. The summed E-state index contributed by atoms with van der Waals surface area (Å²) < 4.78 is 683. The molecule has 0 spiro atoms. The Bertz CT molecular complexity index is 2450. The van der Waals surface area contributed by atoms with Gasteiger partial charge in [0.05, 0.1) is 0 Å². The number of hydrogen-bond acceptors (Lipinski definition) is 9. The fourth-order valence-corrected chi connectivity index (χ4v) is 3.17. The van der Waals surface area contributed by atoms with Crippen LogP contribution in [0, 0.1) is 68.2 Å². The smallest absolute Gasteiger partial charge is 0.394 e. The average Bonchev–Trinajstić information content (AvgIpc) is 0.779. The van der Waals surface area contributed by atoms with E-state index in [9.17, 15) is 255 Å². The molecule has 749 valence electrons. The molecule has 0 rings (SSSR count). The van der Waals surface area contributed by atoms with Crippen LogP contribution in [-0.4, -0.2) is 193 Å². The number of carbonyl (C=O) groups excluding carboxylic acids is 2. The Morgan fingerprint density at radius 3 is 0.675 bits per heavy atom. The third-order valence-electron chi connectivity index (χ3n) is 8.44. The van der Waals surface area contributed by atoms with E-state index in [0.717, 1.165) is 0 Å². The van der Waals surface area contributed by atoms with Gasteiger partial charge in [-0.15, -0.1) is 12.8 Å². The maximum absolute atomic E-state index is 12.3. The van der Waals surface area contributed by atoms with E-state index in [2.05, 4.69) is 95.7 Å². The maximum Gasteiger partial charge on any atom is 0.458 e. The Morgan fingerprint density at radius 2 is 0.587 bits per heavy atom. The Hall–Kier alpha value is 4.94. The van der Waals surface area contributed by atoms with Crippen LogP contribution in [0.2, 0.25) is 0 Å². The van der Waals surface area contributed by atoms with Gasteiger partial charge in [-0.05, 0) is 4.53 Å². The van der Waals surface area contributed by atoms with Gasteiger partial charge in [0.15, 0.2) is 20.0 Å². The molecule has 0 atom stereocenters. The molecule has 0 saturated heterocycles. The summed E-state index contributed by atoms with van der Waals surface area (Å²) in [6.07, 6.45) is -105. The number of carbonyl (C=O) groups is 2. The predicted molar refractivity (Wildman–Crippen MR) is 271 cm³/mol. The molecule has 0 bridgehead atoms. The van der Waals surface area contributed by atoms with Gasteiger partial charge in [-0.2, -0.15) is 248 Å². The monoisotopic (exact) mass is 2700 g/mol. The molecular formula is C50H53F58O9Y9-9. The number of halogens is 58. The molecule has 0 heterocycles. The van der Waals surface area contributed by atoms with Gasteiger partial charge in [0, 0.05) is 315 Å². The molecule has 0 aliphatic rings. The van der Waals surface area contributed by atoms with Crippen LogP contribution in [0.3, 0.4) is 0 Å². The second-order valence-corrected chi connectivity index (χ2v) is 18.3. The molecule has 0 aromatic carbocycles. The second-order valence-electron chi connectivity index (χ2n) is 18.3. The van der Waals surface area contributed by atoms with Crippen molar-refractivity contribution in [3.8, 4) is 0 Å². The zero-order valence-corrected chi connectivity index (χ0v) is 87.3. The number of rotatable bonds is 22. The fourth-order valence-electron chi connectivity index (χ4n) is 3.17. The van der Waals surface area contributed by atoms with E-state index in [1.807, 2.05) is 0 Å². The van der Waals surface area contributed by atoms with E-state index in [1.54, 1.807) is 0 Å². The van der Waals surface area contributed by atoms with Crippen molar-refractivity contribution in [2.24, 2.45) is 5.92 Å². The Labute approximate surface area is 900 Å². The molecule has 0 unspecified atom stereocenters. The number of ether oxygens (including phenoxy) is 6. The summed E-state index contributed by atoms with van der Waals surface area (Å²) in [4.78, 5) is 20.4. The summed E-state index contributed by atoms with van der Waals surface area (Å²) in [5.74, 6) is -18.3. The minimum Gasteiger partial charge on any atom is -0.394 e. The topological polar surface area (TPSA) is 98.8 Å². The molecule has 126 heavy (non-hydrogen) atoms. The first kappa shape index (κ1) is 183. The van der Waals surface area contributed by atoms with Gasteiger partial charge in [-0.1, -0.05) is 38.9 Å². The van der Waals surface area contributed by atoms with E-state index in [-0.39, 0.29) is 328 Å². The third-order valence-corrected chi connectivity index (χ3v) is 8.44. The van der Waals surface area contributed by atoms with Crippen molar-refractivity contribution >= 4 is 12.1 Å². The molecule has 9 nitrogen and oxygen atoms in total. The van der Waals surface area contributed by atoms with Crippen LogP contribution in [-0.2, 0) is 337 Å². The Kier molecular flexibility index (Phi) is 111. The van der Waals surface area contributed by atoms with Gasteiger partial charge in [0.25, 0.3) is 17.7 Å². The second kappa shape index (κ2) is 76.6. The standard InChI is InChI=1S/C6H7F6O2.2C6H7F6O.C5H4F7O.C5H4F7.C5H5F6O.C5H5F6.2C3H4FO.C2H2F4O.2C2H2F4.9Y/c1-3-4(7,8)14-6(11,12)5(9,10)13-2;1-3-5(9,10)6(11,12)13-4(2,7)8;1-3-5(9,10)13-6(11,12)4(2,7)8;1-2-13-3(6,4(7,8)9)5(10,11)12;1-2-3(6,4(7,8)9)5(10,11)12;1-2-12-3(4(6,7)8)5(9,10)11;1-2-3(4(6,7)8)5(9,10)11;2*1-2-3(4)5;3-2(4,5)1-7-6;2*3-1-2(4,5)6;;;;;;;;;/h1,3H2,2H3;2*1,3H2,2H3;1-2H2;1-2H2;3H,1-2H2;3H,1-2H2;2*1-2H2;1H2;2*1H2;;;;;;;;;/q9*-1;;;;;;;;;;;;. The van der Waals surface area contributed by atoms with Crippen molar-refractivity contribution < 1.29 is 592 Å². The normalized spacial score (nSPS) is 12.6. The van der Waals surface area contributed by atoms with Crippen LogP contribution in [0.4, 0.5) is 255 Å². The van der Waals surface area contributed by atoms with E-state index in [4.69, 9.17) is 9.59 Å². The predicted octanol–water partition coefficient (Wildman–Crippen LogP) is 25.6. The summed E-state index contributed by atoms with van der Waals surface area (Å²) >= 11 is 0. The first-order valence-electron chi connectivity index (χ1n) is 26.6. The molecule has 0 saturated carbocycles.